The van der Waals surface area contributed by atoms with Crippen LogP contribution in [0.5, 0.6) is 5.75 Å². The summed E-state index contributed by atoms with van der Waals surface area (Å²) in [5, 5.41) is 12.2. The molecule has 1 heterocycles. The van der Waals surface area contributed by atoms with Gasteiger partial charge in [-0.1, -0.05) is 11.6 Å². The quantitative estimate of drug-likeness (QED) is 0.572. The fourth-order valence-corrected chi connectivity index (χ4v) is 1.93. The van der Waals surface area contributed by atoms with E-state index in [1.54, 1.807) is 0 Å². The molecule has 1 aliphatic heterocycles. The van der Waals surface area contributed by atoms with Crippen molar-refractivity contribution in [2.45, 2.75) is 12.8 Å². The van der Waals surface area contributed by atoms with E-state index in [0.29, 0.717) is 5.02 Å². The third-order valence-electron chi connectivity index (χ3n) is 2.27. The monoisotopic (exact) mass is 227 g/mol. The highest BCUT2D eigenvalue weighted by atomic mass is 35.5. The minimum Gasteiger partial charge on any atom is -0.449 e. The normalized spacial score (nSPS) is 13.9. The zero-order chi connectivity index (χ0) is 10.8. The van der Waals surface area contributed by atoms with E-state index in [1.807, 2.05) is 6.07 Å². The second-order valence-corrected chi connectivity index (χ2v) is 3.77. The van der Waals surface area contributed by atoms with E-state index in [0.717, 1.165) is 30.6 Å². The van der Waals surface area contributed by atoms with E-state index in [9.17, 15) is 4.79 Å². The Balaban J connectivity index is 2.43. The predicted octanol–water partition coefficient (Wildman–Crippen LogP) is 2.75. The molecule has 0 saturated carbocycles. The third kappa shape index (κ3) is 2.15. The number of halogens is 1. The number of hydrogen-bond acceptors (Lipinski definition) is 3. The molecule has 2 N–H and O–H groups in total. The standard InChI is InChI=1S/C10H10ClNO3/c11-7-4-6-2-1-3-12-9(6)8(5-7)15-10(13)14/h4-5,12H,1-3H2,(H,13,14). The van der Waals surface area contributed by atoms with E-state index in [2.05, 4.69) is 10.1 Å². The molecule has 0 saturated heterocycles. The van der Waals surface area contributed by atoms with Gasteiger partial charge in [-0.3, -0.25) is 0 Å². The van der Waals surface area contributed by atoms with Crippen molar-refractivity contribution in [1.82, 2.24) is 0 Å². The number of nitrogens with one attached hydrogen (secondary N) is 1. The lowest BCUT2D eigenvalue weighted by Gasteiger charge is -2.20. The molecule has 0 aliphatic carbocycles. The van der Waals surface area contributed by atoms with E-state index in [-0.39, 0.29) is 5.75 Å². The number of carboxylic acid groups (broad SMARTS) is 1. The van der Waals surface area contributed by atoms with Gasteiger partial charge < -0.3 is 15.2 Å². The number of benzene rings is 1. The van der Waals surface area contributed by atoms with Crippen molar-refractivity contribution in [2.75, 3.05) is 11.9 Å². The second kappa shape index (κ2) is 3.98. The SMILES string of the molecule is O=C(O)Oc1cc(Cl)cc2c1NCCC2. The Bertz CT molecular complexity index is 406. The number of rotatable bonds is 1. The van der Waals surface area contributed by atoms with Crippen LogP contribution in [-0.4, -0.2) is 17.8 Å². The van der Waals surface area contributed by atoms with Crippen molar-refractivity contribution in [1.29, 1.82) is 0 Å². The molecule has 0 bridgehead atoms. The summed E-state index contributed by atoms with van der Waals surface area (Å²) in [5.74, 6) is 0.282. The van der Waals surface area contributed by atoms with Gasteiger partial charge in [-0.05, 0) is 24.5 Å². The average molecular weight is 228 g/mol. The predicted molar refractivity (Wildman–Crippen MR) is 56.9 cm³/mol. The van der Waals surface area contributed by atoms with Gasteiger partial charge in [0.1, 0.15) is 0 Å². The van der Waals surface area contributed by atoms with Crippen LogP contribution in [0.4, 0.5) is 10.5 Å². The Labute approximate surface area is 91.8 Å². The molecule has 0 unspecified atom stereocenters. The van der Waals surface area contributed by atoms with Crippen LogP contribution in [0.1, 0.15) is 12.0 Å². The molecule has 1 aromatic rings. The van der Waals surface area contributed by atoms with E-state index < -0.39 is 6.16 Å². The van der Waals surface area contributed by atoms with Crippen LogP contribution in [-0.2, 0) is 6.42 Å². The van der Waals surface area contributed by atoms with Gasteiger partial charge in [-0.25, -0.2) is 4.79 Å². The summed E-state index contributed by atoms with van der Waals surface area (Å²) in [7, 11) is 0. The first-order valence-corrected chi connectivity index (χ1v) is 5.01. The molecule has 5 heteroatoms. The Morgan fingerprint density at radius 1 is 1.53 bits per heavy atom. The van der Waals surface area contributed by atoms with Crippen molar-refractivity contribution >= 4 is 23.4 Å². The van der Waals surface area contributed by atoms with E-state index in [4.69, 9.17) is 16.7 Å². The first-order valence-electron chi connectivity index (χ1n) is 4.64. The van der Waals surface area contributed by atoms with Crippen LogP contribution in [0.25, 0.3) is 0 Å². The summed E-state index contributed by atoms with van der Waals surface area (Å²) in [6.07, 6.45) is 0.575. The van der Waals surface area contributed by atoms with Crippen molar-refractivity contribution in [3.63, 3.8) is 0 Å². The smallest absolute Gasteiger partial charge is 0.449 e. The van der Waals surface area contributed by atoms with Crippen LogP contribution < -0.4 is 10.1 Å². The van der Waals surface area contributed by atoms with Crippen LogP contribution >= 0.6 is 11.6 Å². The molecule has 1 aliphatic rings. The van der Waals surface area contributed by atoms with Gasteiger partial charge in [0, 0.05) is 17.6 Å². The molecule has 0 aromatic heterocycles. The second-order valence-electron chi connectivity index (χ2n) is 3.34. The van der Waals surface area contributed by atoms with Crippen LogP contribution in [0, 0.1) is 0 Å². The Morgan fingerprint density at radius 2 is 2.33 bits per heavy atom. The molecule has 1 aromatic carbocycles. The Hall–Kier alpha value is -1.42. The van der Waals surface area contributed by atoms with E-state index in [1.165, 1.54) is 6.07 Å². The first kappa shape index (κ1) is 10.1. The molecule has 0 fully saturated rings. The average Bonchev–Trinajstić information content (AvgIpc) is 2.16. The minimum atomic E-state index is -1.33. The molecule has 0 amide bonds. The fourth-order valence-electron chi connectivity index (χ4n) is 1.70. The molecule has 80 valence electrons. The Kier molecular flexibility index (Phi) is 2.68. The van der Waals surface area contributed by atoms with Gasteiger partial charge in [-0.2, -0.15) is 0 Å². The number of carbonyl (C=O) groups is 1. The molecular formula is C10H10ClNO3. The van der Waals surface area contributed by atoms with Crippen molar-refractivity contribution in [3.05, 3.63) is 22.7 Å². The lowest BCUT2D eigenvalue weighted by atomic mass is 10.0. The molecule has 0 radical (unpaired) electrons. The molecule has 0 spiro atoms. The number of aryl methyl sites for hydroxylation is 1. The summed E-state index contributed by atoms with van der Waals surface area (Å²) >= 11 is 5.86. The molecule has 15 heavy (non-hydrogen) atoms. The van der Waals surface area contributed by atoms with Crippen LogP contribution in [0.3, 0.4) is 0 Å². The maximum absolute atomic E-state index is 10.5. The van der Waals surface area contributed by atoms with Crippen LogP contribution in [0.15, 0.2) is 12.1 Å². The van der Waals surface area contributed by atoms with Crippen LogP contribution in [0.2, 0.25) is 5.02 Å². The zero-order valence-electron chi connectivity index (χ0n) is 7.92. The maximum Gasteiger partial charge on any atom is 0.511 e. The zero-order valence-corrected chi connectivity index (χ0v) is 8.67. The highest BCUT2D eigenvalue weighted by Gasteiger charge is 2.16. The highest BCUT2D eigenvalue weighted by molar-refractivity contribution is 6.31. The summed E-state index contributed by atoms with van der Waals surface area (Å²) in [4.78, 5) is 10.5. The first-order chi connectivity index (χ1) is 7.16. The topological polar surface area (TPSA) is 58.6 Å². The van der Waals surface area contributed by atoms with E-state index >= 15 is 0 Å². The summed E-state index contributed by atoms with van der Waals surface area (Å²) in [5.41, 5.74) is 1.75. The summed E-state index contributed by atoms with van der Waals surface area (Å²) in [6.45, 7) is 0.824. The minimum absolute atomic E-state index is 0.282. The van der Waals surface area contributed by atoms with Gasteiger partial charge in [0.25, 0.3) is 0 Å². The number of ether oxygens (including phenoxy) is 1. The van der Waals surface area contributed by atoms with Gasteiger partial charge in [0.2, 0.25) is 0 Å². The fraction of sp³-hybridized carbons (Fsp3) is 0.300. The van der Waals surface area contributed by atoms with Gasteiger partial charge in [0.15, 0.2) is 5.75 Å². The number of hydrogen-bond donors (Lipinski definition) is 2. The lowest BCUT2D eigenvalue weighted by Crippen LogP contribution is -2.14. The maximum atomic E-state index is 10.5. The van der Waals surface area contributed by atoms with Gasteiger partial charge >= 0.3 is 6.16 Å². The third-order valence-corrected chi connectivity index (χ3v) is 2.49. The highest BCUT2D eigenvalue weighted by Crippen LogP contribution is 2.35. The number of fused-ring (bicyclic) bond motifs is 1. The van der Waals surface area contributed by atoms with Gasteiger partial charge in [0.05, 0.1) is 5.69 Å². The van der Waals surface area contributed by atoms with Crippen molar-refractivity contribution in [3.8, 4) is 5.75 Å². The summed E-state index contributed by atoms with van der Waals surface area (Å²) < 4.78 is 4.66. The largest absolute Gasteiger partial charge is 0.511 e. The van der Waals surface area contributed by atoms with Crippen molar-refractivity contribution < 1.29 is 14.6 Å². The number of anilines is 1. The lowest BCUT2D eigenvalue weighted by molar-refractivity contribution is 0.144. The summed E-state index contributed by atoms with van der Waals surface area (Å²) in [6, 6.07) is 3.34. The molecule has 2 rings (SSSR count). The van der Waals surface area contributed by atoms with Crippen molar-refractivity contribution in [2.24, 2.45) is 0 Å². The molecule has 0 atom stereocenters. The molecule has 4 nitrogen and oxygen atoms in total. The Morgan fingerprint density at radius 3 is 3.07 bits per heavy atom. The molecular weight excluding hydrogens is 218 g/mol. The van der Waals surface area contributed by atoms with Gasteiger partial charge in [-0.15, -0.1) is 0 Å².